The minimum atomic E-state index is -0.195. The van der Waals surface area contributed by atoms with Gasteiger partial charge in [-0.2, -0.15) is 0 Å². The van der Waals surface area contributed by atoms with Crippen molar-refractivity contribution in [2.45, 2.75) is 37.1 Å². The molecule has 1 aliphatic heterocycles. The second-order valence-electron chi connectivity index (χ2n) is 6.31. The molecule has 126 valence electrons. The van der Waals surface area contributed by atoms with Gasteiger partial charge in [0.1, 0.15) is 17.9 Å². The zero-order chi connectivity index (χ0) is 16.8. The minimum Gasteiger partial charge on any atom is -0.459 e. The molecular weight excluding hydrogens is 330 g/mol. The largest absolute Gasteiger partial charge is 0.459 e. The number of nitrogens with two attached hydrogens (primary N) is 1. The molecule has 2 aliphatic rings. The van der Waals surface area contributed by atoms with Crippen molar-refractivity contribution in [1.29, 1.82) is 0 Å². The summed E-state index contributed by atoms with van der Waals surface area (Å²) in [5.74, 6) is 0.135. The molecule has 1 saturated heterocycles. The fraction of sp³-hybridized carbons (Fsp3) is 0.353. The fourth-order valence-electron chi connectivity index (χ4n) is 3.41. The molecule has 1 aliphatic carbocycles. The molecule has 0 bridgehead atoms. The van der Waals surface area contributed by atoms with Crippen LogP contribution in [-0.2, 0) is 9.47 Å². The molecule has 1 aromatic heterocycles. The molecule has 2 aromatic rings. The third-order valence-corrected chi connectivity index (χ3v) is 4.87. The Morgan fingerprint density at radius 2 is 2.04 bits per heavy atom. The number of aromatic amines is 1. The highest BCUT2D eigenvalue weighted by atomic mass is 35.5. The summed E-state index contributed by atoms with van der Waals surface area (Å²) >= 11 is 5.98. The molecule has 4 rings (SSSR count). The molecular formula is C17H18ClN3O3. The first-order valence-corrected chi connectivity index (χ1v) is 8.24. The lowest BCUT2D eigenvalue weighted by atomic mass is 9.86. The van der Waals surface area contributed by atoms with Crippen molar-refractivity contribution in [2.75, 3.05) is 0 Å². The van der Waals surface area contributed by atoms with Crippen LogP contribution < -0.4 is 11.1 Å². The SMILES string of the molecule is C=C1OC2C[C@@H](N)[C@@H](NC(=O)c3cc4cc(Cl)ccc4[nH]3)CC2O1. The van der Waals surface area contributed by atoms with Gasteiger partial charge in [-0.25, -0.2) is 0 Å². The molecule has 1 aromatic carbocycles. The van der Waals surface area contributed by atoms with Crippen LogP contribution in [0.2, 0.25) is 5.02 Å². The smallest absolute Gasteiger partial charge is 0.272 e. The number of hydrogen-bond acceptors (Lipinski definition) is 4. The number of amides is 1. The van der Waals surface area contributed by atoms with Gasteiger partial charge in [-0.1, -0.05) is 11.6 Å². The molecule has 1 amide bonds. The van der Waals surface area contributed by atoms with Gasteiger partial charge in [0, 0.05) is 40.9 Å². The number of halogens is 1. The third kappa shape index (κ3) is 2.72. The van der Waals surface area contributed by atoms with E-state index in [1.54, 1.807) is 12.1 Å². The number of carbonyl (C=O) groups excluding carboxylic acids is 1. The number of aromatic nitrogens is 1. The number of hydrogen-bond donors (Lipinski definition) is 3. The summed E-state index contributed by atoms with van der Waals surface area (Å²) in [6.07, 6.45) is 1.04. The van der Waals surface area contributed by atoms with Gasteiger partial charge in [0.2, 0.25) is 0 Å². The number of rotatable bonds is 2. The molecule has 4 atom stereocenters. The maximum Gasteiger partial charge on any atom is 0.272 e. The molecule has 2 unspecified atom stereocenters. The van der Waals surface area contributed by atoms with E-state index in [0.717, 1.165) is 10.9 Å². The minimum absolute atomic E-state index is 0.0733. The first-order chi connectivity index (χ1) is 11.5. The second-order valence-corrected chi connectivity index (χ2v) is 6.75. The summed E-state index contributed by atoms with van der Waals surface area (Å²) in [6, 6.07) is 6.86. The molecule has 6 nitrogen and oxygen atoms in total. The van der Waals surface area contributed by atoms with Gasteiger partial charge in [0.25, 0.3) is 11.9 Å². The Hall–Kier alpha value is -2.18. The zero-order valence-corrected chi connectivity index (χ0v) is 13.7. The first-order valence-electron chi connectivity index (χ1n) is 7.86. The first kappa shape index (κ1) is 15.4. The number of fused-ring (bicyclic) bond motifs is 2. The van der Waals surface area contributed by atoms with Gasteiger partial charge in [0.05, 0.1) is 0 Å². The van der Waals surface area contributed by atoms with Crippen LogP contribution in [0.4, 0.5) is 0 Å². The fourth-order valence-corrected chi connectivity index (χ4v) is 3.59. The Bertz CT molecular complexity index is 819. The predicted molar refractivity (Wildman–Crippen MR) is 90.7 cm³/mol. The highest BCUT2D eigenvalue weighted by molar-refractivity contribution is 6.31. The zero-order valence-electron chi connectivity index (χ0n) is 12.9. The van der Waals surface area contributed by atoms with E-state index < -0.39 is 0 Å². The van der Waals surface area contributed by atoms with Crippen molar-refractivity contribution in [3.05, 3.63) is 47.5 Å². The van der Waals surface area contributed by atoms with Crippen LogP contribution in [0.5, 0.6) is 0 Å². The van der Waals surface area contributed by atoms with Crippen LogP contribution in [-0.4, -0.2) is 35.2 Å². The van der Waals surface area contributed by atoms with E-state index >= 15 is 0 Å². The Balaban J connectivity index is 1.49. The van der Waals surface area contributed by atoms with E-state index in [-0.39, 0.29) is 30.2 Å². The molecule has 4 N–H and O–H groups in total. The number of carbonyl (C=O) groups is 1. The van der Waals surface area contributed by atoms with Crippen molar-refractivity contribution < 1.29 is 14.3 Å². The van der Waals surface area contributed by atoms with Crippen LogP contribution in [0.1, 0.15) is 23.3 Å². The van der Waals surface area contributed by atoms with Crippen molar-refractivity contribution in [2.24, 2.45) is 5.73 Å². The van der Waals surface area contributed by atoms with E-state index in [2.05, 4.69) is 16.9 Å². The Labute approximate surface area is 143 Å². The normalized spacial score (nSPS) is 29.0. The quantitative estimate of drug-likeness (QED) is 0.777. The van der Waals surface area contributed by atoms with Gasteiger partial charge >= 0.3 is 0 Å². The second kappa shape index (κ2) is 5.72. The number of H-pyrrole nitrogens is 1. The summed E-state index contributed by atoms with van der Waals surface area (Å²) in [6.45, 7) is 3.68. The van der Waals surface area contributed by atoms with E-state index in [1.807, 2.05) is 12.1 Å². The average Bonchev–Trinajstić information content (AvgIpc) is 3.09. The van der Waals surface area contributed by atoms with Crippen molar-refractivity contribution in [3.63, 3.8) is 0 Å². The lowest BCUT2D eigenvalue weighted by molar-refractivity contribution is 0.0707. The topological polar surface area (TPSA) is 89.4 Å². The number of nitrogens with one attached hydrogen (secondary N) is 2. The molecule has 1 saturated carbocycles. The summed E-state index contributed by atoms with van der Waals surface area (Å²) < 4.78 is 11.0. The van der Waals surface area contributed by atoms with Crippen molar-refractivity contribution in [1.82, 2.24) is 10.3 Å². The molecule has 7 heteroatoms. The average molecular weight is 348 g/mol. The van der Waals surface area contributed by atoms with Crippen LogP contribution in [0.15, 0.2) is 36.8 Å². The molecule has 0 spiro atoms. The molecule has 24 heavy (non-hydrogen) atoms. The Morgan fingerprint density at radius 1 is 1.29 bits per heavy atom. The Kier molecular flexibility index (Phi) is 3.66. The molecule has 0 radical (unpaired) electrons. The van der Waals surface area contributed by atoms with Crippen LogP contribution >= 0.6 is 11.6 Å². The van der Waals surface area contributed by atoms with Crippen LogP contribution in [0, 0.1) is 0 Å². The lowest BCUT2D eigenvalue weighted by Crippen LogP contribution is -2.55. The summed E-state index contributed by atoms with van der Waals surface area (Å²) in [5, 5.41) is 4.52. The van der Waals surface area contributed by atoms with Gasteiger partial charge in [-0.15, -0.1) is 0 Å². The maximum absolute atomic E-state index is 12.5. The molecule has 2 heterocycles. The third-order valence-electron chi connectivity index (χ3n) is 4.63. The molecule has 2 fully saturated rings. The lowest BCUT2D eigenvalue weighted by Gasteiger charge is -2.34. The van der Waals surface area contributed by atoms with Gasteiger partial charge in [0.15, 0.2) is 0 Å². The number of benzene rings is 1. The summed E-state index contributed by atoms with van der Waals surface area (Å²) in [7, 11) is 0. The standard InChI is InChI=1S/C17H18ClN3O3/c1-8-23-15-6-11(19)13(7-16(15)24-8)21-17(22)14-5-9-4-10(18)2-3-12(9)20-14/h2-5,11,13,15-16,20H,1,6-7,19H2,(H,21,22)/t11-,13+,15?,16?/m1/s1. The summed E-state index contributed by atoms with van der Waals surface area (Å²) in [5.41, 5.74) is 7.54. The van der Waals surface area contributed by atoms with Gasteiger partial charge in [-0.05, 0) is 30.8 Å². The van der Waals surface area contributed by atoms with E-state index in [0.29, 0.717) is 29.5 Å². The van der Waals surface area contributed by atoms with Crippen molar-refractivity contribution in [3.8, 4) is 0 Å². The van der Waals surface area contributed by atoms with Gasteiger partial charge in [-0.3, -0.25) is 4.79 Å². The van der Waals surface area contributed by atoms with Crippen LogP contribution in [0.3, 0.4) is 0 Å². The summed E-state index contributed by atoms with van der Waals surface area (Å²) in [4.78, 5) is 15.6. The highest BCUT2D eigenvalue weighted by Crippen LogP contribution is 2.32. The van der Waals surface area contributed by atoms with E-state index in [1.165, 1.54) is 0 Å². The highest BCUT2D eigenvalue weighted by Gasteiger charge is 2.43. The van der Waals surface area contributed by atoms with E-state index in [4.69, 9.17) is 26.8 Å². The maximum atomic E-state index is 12.5. The monoisotopic (exact) mass is 347 g/mol. The van der Waals surface area contributed by atoms with E-state index in [9.17, 15) is 4.79 Å². The van der Waals surface area contributed by atoms with Crippen LogP contribution in [0.25, 0.3) is 10.9 Å². The Morgan fingerprint density at radius 3 is 2.83 bits per heavy atom. The van der Waals surface area contributed by atoms with Gasteiger partial charge < -0.3 is 25.5 Å². The number of ether oxygens (including phenoxy) is 2. The predicted octanol–water partition coefficient (Wildman–Crippen LogP) is 2.30. The van der Waals surface area contributed by atoms with Crippen molar-refractivity contribution >= 4 is 28.4 Å².